The van der Waals surface area contributed by atoms with Crippen molar-refractivity contribution < 1.29 is 9.53 Å². The van der Waals surface area contributed by atoms with E-state index in [2.05, 4.69) is 17.6 Å². The maximum Gasteiger partial charge on any atom is 0.257 e. The highest BCUT2D eigenvalue weighted by Gasteiger charge is 2.09. The second-order valence-electron chi connectivity index (χ2n) is 4.65. The molecule has 0 aliphatic rings. The third-order valence-electron chi connectivity index (χ3n) is 3.23. The zero-order valence-corrected chi connectivity index (χ0v) is 13.4. The number of benzene rings is 2. The van der Waals surface area contributed by atoms with Crippen molar-refractivity contribution >= 4 is 28.9 Å². The van der Waals surface area contributed by atoms with Crippen molar-refractivity contribution in [3.05, 3.63) is 59.7 Å². The number of rotatable bonds is 4. The molecule has 2 N–H and O–H groups in total. The Hall–Kier alpha value is -2.40. The molecule has 2 rings (SSSR count). The highest BCUT2D eigenvalue weighted by atomic mass is 32.1. The smallest absolute Gasteiger partial charge is 0.257 e. The molecule has 2 aromatic carbocycles. The van der Waals surface area contributed by atoms with E-state index in [-0.39, 0.29) is 11.0 Å². The normalized spacial score (nSPS) is 9.91. The molecule has 22 heavy (non-hydrogen) atoms. The molecule has 0 saturated heterocycles. The van der Waals surface area contributed by atoms with Crippen LogP contribution >= 0.6 is 12.2 Å². The molecule has 0 fully saturated rings. The van der Waals surface area contributed by atoms with E-state index >= 15 is 0 Å². The molecule has 0 atom stereocenters. The topological polar surface area (TPSA) is 50.4 Å². The SMILES string of the molecule is CCc1ccccc1NC(=S)NC(=O)c1ccc(OC)cc1. The maximum absolute atomic E-state index is 12.1. The van der Waals surface area contributed by atoms with Crippen molar-refractivity contribution in [1.29, 1.82) is 0 Å². The Balaban J connectivity index is 2.00. The third kappa shape index (κ3) is 4.05. The number of methoxy groups -OCH3 is 1. The number of amides is 1. The van der Waals surface area contributed by atoms with E-state index in [1.54, 1.807) is 31.4 Å². The summed E-state index contributed by atoms with van der Waals surface area (Å²) in [5, 5.41) is 6.01. The summed E-state index contributed by atoms with van der Waals surface area (Å²) in [6.07, 6.45) is 0.887. The van der Waals surface area contributed by atoms with Crippen LogP contribution in [0.2, 0.25) is 0 Å². The number of para-hydroxylation sites is 1. The van der Waals surface area contributed by atoms with Crippen LogP contribution in [0.3, 0.4) is 0 Å². The van der Waals surface area contributed by atoms with Crippen molar-refractivity contribution in [2.45, 2.75) is 13.3 Å². The molecule has 0 unspecified atom stereocenters. The second-order valence-corrected chi connectivity index (χ2v) is 5.06. The van der Waals surface area contributed by atoms with Gasteiger partial charge in [0.15, 0.2) is 5.11 Å². The zero-order valence-electron chi connectivity index (χ0n) is 12.6. The van der Waals surface area contributed by atoms with Gasteiger partial charge in [0.2, 0.25) is 0 Å². The Bertz CT molecular complexity index is 669. The molecule has 0 saturated carbocycles. The lowest BCUT2D eigenvalue weighted by atomic mass is 10.1. The monoisotopic (exact) mass is 314 g/mol. The van der Waals surface area contributed by atoms with Gasteiger partial charge in [-0.3, -0.25) is 10.1 Å². The van der Waals surface area contributed by atoms with E-state index in [0.717, 1.165) is 17.7 Å². The lowest BCUT2D eigenvalue weighted by Crippen LogP contribution is -2.34. The fourth-order valence-electron chi connectivity index (χ4n) is 2.02. The first kappa shape index (κ1) is 16.0. The summed E-state index contributed by atoms with van der Waals surface area (Å²) < 4.78 is 5.06. The molecule has 0 heterocycles. The van der Waals surface area contributed by atoms with Crippen LogP contribution in [0.5, 0.6) is 5.75 Å². The first-order valence-electron chi connectivity index (χ1n) is 6.98. The van der Waals surface area contributed by atoms with E-state index < -0.39 is 0 Å². The van der Waals surface area contributed by atoms with Gasteiger partial charge >= 0.3 is 0 Å². The lowest BCUT2D eigenvalue weighted by Gasteiger charge is -2.12. The van der Waals surface area contributed by atoms with E-state index in [9.17, 15) is 4.79 Å². The van der Waals surface area contributed by atoms with Crippen molar-refractivity contribution in [1.82, 2.24) is 5.32 Å². The van der Waals surface area contributed by atoms with Gasteiger partial charge < -0.3 is 10.1 Å². The number of thiocarbonyl (C=S) groups is 1. The highest BCUT2D eigenvalue weighted by Crippen LogP contribution is 2.15. The van der Waals surface area contributed by atoms with Crippen LogP contribution in [0.4, 0.5) is 5.69 Å². The number of anilines is 1. The van der Waals surface area contributed by atoms with E-state index in [1.807, 2.05) is 24.3 Å². The van der Waals surface area contributed by atoms with Crippen molar-refractivity contribution in [3.8, 4) is 5.75 Å². The van der Waals surface area contributed by atoms with Crippen LogP contribution in [-0.4, -0.2) is 18.1 Å². The summed E-state index contributed by atoms with van der Waals surface area (Å²) in [5.74, 6) is 0.447. The summed E-state index contributed by atoms with van der Waals surface area (Å²) in [6, 6.07) is 14.7. The molecular formula is C17H18N2O2S. The number of carbonyl (C=O) groups excluding carboxylic acids is 1. The van der Waals surface area contributed by atoms with Crippen LogP contribution in [0.15, 0.2) is 48.5 Å². The molecule has 0 radical (unpaired) electrons. The fraction of sp³-hybridized carbons (Fsp3) is 0.176. The van der Waals surface area contributed by atoms with Gasteiger partial charge in [-0.1, -0.05) is 25.1 Å². The minimum atomic E-state index is -0.255. The molecular weight excluding hydrogens is 296 g/mol. The van der Waals surface area contributed by atoms with Gasteiger partial charge in [0.1, 0.15) is 5.75 Å². The van der Waals surface area contributed by atoms with Crippen LogP contribution < -0.4 is 15.4 Å². The van der Waals surface area contributed by atoms with Crippen molar-refractivity contribution in [2.24, 2.45) is 0 Å². The molecule has 4 nitrogen and oxygen atoms in total. The maximum atomic E-state index is 12.1. The minimum absolute atomic E-state index is 0.255. The van der Waals surface area contributed by atoms with E-state index in [0.29, 0.717) is 11.3 Å². The number of nitrogens with one attached hydrogen (secondary N) is 2. The van der Waals surface area contributed by atoms with Crippen molar-refractivity contribution in [2.75, 3.05) is 12.4 Å². The number of hydrogen-bond donors (Lipinski definition) is 2. The van der Waals surface area contributed by atoms with Crippen LogP contribution in [0, 0.1) is 0 Å². The molecule has 0 aromatic heterocycles. The van der Waals surface area contributed by atoms with Gasteiger partial charge in [-0.2, -0.15) is 0 Å². The van der Waals surface area contributed by atoms with Crippen LogP contribution in [0.1, 0.15) is 22.8 Å². The van der Waals surface area contributed by atoms with Crippen molar-refractivity contribution in [3.63, 3.8) is 0 Å². The fourth-order valence-corrected chi connectivity index (χ4v) is 2.22. The standard InChI is InChI=1S/C17H18N2O2S/c1-3-12-6-4-5-7-15(12)18-17(22)19-16(20)13-8-10-14(21-2)11-9-13/h4-11H,3H2,1-2H3,(H2,18,19,20,22). The molecule has 0 spiro atoms. The lowest BCUT2D eigenvalue weighted by molar-refractivity contribution is 0.0977. The average Bonchev–Trinajstić information content (AvgIpc) is 2.55. The van der Waals surface area contributed by atoms with Gasteiger partial charge in [-0.05, 0) is 54.5 Å². The predicted molar refractivity (Wildman–Crippen MR) is 92.5 cm³/mol. The molecule has 5 heteroatoms. The van der Waals surface area contributed by atoms with Gasteiger partial charge in [0.25, 0.3) is 5.91 Å². The van der Waals surface area contributed by atoms with Gasteiger partial charge in [-0.25, -0.2) is 0 Å². The number of ether oxygens (including phenoxy) is 1. The second kappa shape index (κ2) is 7.56. The van der Waals surface area contributed by atoms with E-state index in [4.69, 9.17) is 17.0 Å². The van der Waals surface area contributed by atoms with Gasteiger partial charge in [-0.15, -0.1) is 0 Å². The quantitative estimate of drug-likeness (QED) is 0.850. The Labute approximate surface area is 135 Å². The van der Waals surface area contributed by atoms with E-state index in [1.165, 1.54) is 0 Å². The minimum Gasteiger partial charge on any atom is -0.497 e. The first-order valence-corrected chi connectivity index (χ1v) is 7.39. The predicted octanol–water partition coefficient (Wildman–Crippen LogP) is 3.38. The Morgan fingerprint density at radius 2 is 1.82 bits per heavy atom. The Kier molecular flexibility index (Phi) is 5.49. The third-order valence-corrected chi connectivity index (χ3v) is 3.43. The summed E-state index contributed by atoms with van der Waals surface area (Å²) in [7, 11) is 1.58. The van der Waals surface area contributed by atoms with Gasteiger partial charge in [0.05, 0.1) is 7.11 Å². The molecule has 2 aromatic rings. The summed E-state index contributed by atoms with van der Waals surface area (Å²) in [6.45, 7) is 2.07. The molecule has 114 valence electrons. The number of carbonyl (C=O) groups is 1. The highest BCUT2D eigenvalue weighted by molar-refractivity contribution is 7.80. The Morgan fingerprint density at radius 1 is 1.14 bits per heavy atom. The molecule has 1 amide bonds. The summed E-state index contributed by atoms with van der Waals surface area (Å²) >= 11 is 5.20. The van der Waals surface area contributed by atoms with Crippen LogP contribution in [-0.2, 0) is 6.42 Å². The number of hydrogen-bond acceptors (Lipinski definition) is 3. The largest absolute Gasteiger partial charge is 0.497 e. The summed E-state index contributed by atoms with van der Waals surface area (Å²) in [4.78, 5) is 12.1. The molecule has 0 aliphatic heterocycles. The molecule has 0 aliphatic carbocycles. The molecule has 0 bridgehead atoms. The Morgan fingerprint density at radius 3 is 2.45 bits per heavy atom. The number of aryl methyl sites for hydroxylation is 1. The average molecular weight is 314 g/mol. The zero-order chi connectivity index (χ0) is 15.9. The van der Waals surface area contributed by atoms with Crippen LogP contribution in [0.25, 0.3) is 0 Å². The van der Waals surface area contributed by atoms with Gasteiger partial charge in [0, 0.05) is 11.3 Å². The first-order chi connectivity index (χ1) is 10.6. The summed E-state index contributed by atoms with van der Waals surface area (Å²) in [5.41, 5.74) is 2.57.